The predicted octanol–water partition coefficient (Wildman–Crippen LogP) is 2.76. The molecular weight excluding hydrogens is 296 g/mol. The van der Waals surface area contributed by atoms with E-state index in [9.17, 15) is 4.79 Å². The molecular formula is C14H17BrO3. The Balaban J connectivity index is 2.10. The van der Waals surface area contributed by atoms with E-state index in [0.717, 1.165) is 10.0 Å². The summed E-state index contributed by atoms with van der Waals surface area (Å²) in [5.41, 5.74) is 0.359. The normalized spacial score (nSPS) is 18.6. The number of methoxy groups -OCH3 is 1. The van der Waals surface area contributed by atoms with E-state index in [0.29, 0.717) is 32.5 Å². The molecule has 1 fully saturated rings. The molecule has 1 aromatic rings. The van der Waals surface area contributed by atoms with E-state index in [1.807, 2.05) is 24.3 Å². The van der Waals surface area contributed by atoms with Crippen molar-refractivity contribution < 1.29 is 14.3 Å². The van der Waals surface area contributed by atoms with Crippen LogP contribution in [0.4, 0.5) is 0 Å². The first-order valence-corrected chi connectivity index (χ1v) is 6.86. The van der Waals surface area contributed by atoms with E-state index in [-0.39, 0.29) is 5.78 Å². The van der Waals surface area contributed by atoms with Crippen LogP contribution >= 0.6 is 15.9 Å². The number of benzene rings is 1. The Hall–Kier alpha value is -0.710. The number of Topliss-reactive ketones (excluding diaryl/α,β-unsaturated/α-hetero) is 1. The van der Waals surface area contributed by atoms with Crippen LogP contribution in [-0.2, 0) is 20.7 Å². The Bertz CT molecular complexity index is 425. The maximum atomic E-state index is 12.4. The number of ketones is 1. The number of hydrogen-bond acceptors (Lipinski definition) is 3. The number of carbonyl (C=O) groups is 1. The molecule has 2 rings (SSSR count). The summed E-state index contributed by atoms with van der Waals surface area (Å²) >= 11 is 3.42. The van der Waals surface area contributed by atoms with Gasteiger partial charge in [-0.1, -0.05) is 28.1 Å². The van der Waals surface area contributed by atoms with Gasteiger partial charge in [0.25, 0.3) is 0 Å². The van der Waals surface area contributed by atoms with Crippen molar-refractivity contribution in [2.24, 2.45) is 0 Å². The first-order valence-electron chi connectivity index (χ1n) is 6.07. The highest BCUT2D eigenvalue weighted by atomic mass is 79.9. The fourth-order valence-electron chi connectivity index (χ4n) is 2.29. The minimum atomic E-state index is -0.652. The molecule has 0 aliphatic carbocycles. The second kappa shape index (κ2) is 5.95. The predicted molar refractivity (Wildman–Crippen MR) is 72.6 cm³/mol. The largest absolute Gasteiger partial charge is 0.381 e. The summed E-state index contributed by atoms with van der Waals surface area (Å²) < 4.78 is 11.8. The molecule has 1 saturated heterocycles. The smallest absolute Gasteiger partial charge is 0.169 e. The lowest BCUT2D eigenvalue weighted by molar-refractivity contribution is -0.151. The second-order valence-electron chi connectivity index (χ2n) is 4.54. The molecule has 1 aliphatic rings. The lowest BCUT2D eigenvalue weighted by atomic mass is 9.86. The monoisotopic (exact) mass is 312 g/mol. The topological polar surface area (TPSA) is 35.5 Å². The number of ether oxygens (including phenoxy) is 2. The van der Waals surface area contributed by atoms with E-state index in [1.165, 1.54) is 0 Å². The summed E-state index contributed by atoms with van der Waals surface area (Å²) in [6.45, 7) is 1.19. The summed E-state index contributed by atoms with van der Waals surface area (Å²) in [5, 5.41) is 0. The van der Waals surface area contributed by atoms with Crippen LogP contribution in [0, 0.1) is 0 Å². The molecule has 18 heavy (non-hydrogen) atoms. The van der Waals surface area contributed by atoms with Crippen molar-refractivity contribution >= 4 is 21.7 Å². The average molecular weight is 313 g/mol. The molecule has 1 heterocycles. The quantitative estimate of drug-likeness (QED) is 0.857. The van der Waals surface area contributed by atoms with Crippen LogP contribution in [0.25, 0.3) is 0 Å². The lowest BCUT2D eigenvalue weighted by Crippen LogP contribution is -2.46. The van der Waals surface area contributed by atoms with Crippen molar-refractivity contribution in [1.29, 1.82) is 0 Å². The maximum absolute atomic E-state index is 12.4. The van der Waals surface area contributed by atoms with Gasteiger partial charge in [-0.2, -0.15) is 0 Å². The van der Waals surface area contributed by atoms with Gasteiger partial charge in [0.05, 0.1) is 0 Å². The molecule has 3 nitrogen and oxygen atoms in total. The van der Waals surface area contributed by atoms with Crippen LogP contribution in [0.15, 0.2) is 28.7 Å². The van der Waals surface area contributed by atoms with Crippen molar-refractivity contribution in [2.45, 2.75) is 24.9 Å². The lowest BCUT2D eigenvalue weighted by Gasteiger charge is -2.34. The Kier molecular flexibility index (Phi) is 4.54. The molecule has 0 unspecified atom stereocenters. The summed E-state index contributed by atoms with van der Waals surface area (Å²) in [5.74, 6) is 0.145. The summed E-state index contributed by atoms with van der Waals surface area (Å²) in [7, 11) is 1.62. The second-order valence-corrected chi connectivity index (χ2v) is 5.46. The van der Waals surface area contributed by atoms with Crippen LogP contribution in [0.1, 0.15) is 18.4 Å². The summed E-state index contributed by atoms with van der Waals surface area (Å²) in [6, 6.07) is 7.83. The third-order valence-corrected chi connectivity index (χ3v) is 3.95. The molecule has 0 saturated carbocycles. The Labute approximate surface area is 116 Å². The Morgan fingerprint density at radius 3 is 2.78 bits per heavy atom. The SMILES string of the molecule is COC1(C(=O)Cc2cccc(Br)c2)CCOCC1. The molecule has 0 amide bonds. The minimum Gasteiger partial charge on any atom is -0.381 e. The molecule has 98 valence electrons. The van der Waals surface area contributed by atoms with Crippen molar-refractivity contribution in [3.8, 4) is 0 Å². The fraction of sp³-hybridized carbons (Fsp3) is 0.500. The standard InChI is InChI=1S/C14H17BrO3/c1-17-14(5-7-18-8-6-14)13(16)10-11-3-2-4-12(15)9-11/h2-4,9H,5-8,10H2,1H3. The number of carbonyl (C=O) groups excluding carboxylic acids is 1. The van der Waals surface area contributed by atoms with Crippen LogP contribution in [0.3, 0.4) is 0 Å². The van der Waals surface area contributed by atoms with Gasteiger partial charge >= 0.3 is 0 Å². The van der Waals surface area contributed by atoms with Gasteiger partial charge < -0.3 is 9.47 Å². The first-order chi connectivity index (χ1) is 8.66. The van der Waals surface area contributed by atoms with Gasteiger partial charge in [0.2, 0.25) is 0 Å². The van der Waals surface area contributed by atoms with Gasteiger partial charge in [0.15, 0.2) is 5.78 Å². The molecule has 0 spiro atoms. The molecule has 0 N–H and O–H groups in total. The van der Waals surface area contributed by atoms with E-state index >= 15 is 0 Å². The molecule has 0 bridgehead atoms. The highest BCUT2D eigenvalue weighted by Crippen LogP contribution is 2.27. The van der Waals surface area contributed by atoms with E-state index in [1.54, 1.807) is 7.11 Å². The molecule has 4 heteroatoms. The van der Waals surface area contributed by atoms with Crippen LogP contribution < -0.4 is 0 Å². The van der Waals surface area contributed by atoms with Gasteiger partial charge in [-0.15, -0.1) is 0 Å². The molecule has 0 atom stereocenters. The maximum Gasteiger partial charge on any atom is 0.169 e. The van der Waals surface area contributed by atoms with Gasteiger partial charge in [0.1, 0.15) is 5.60 Å². The van der Waals surface area contributed by atoms with Gasteiger partial charge in [0, 0.05) is 44.1 Å². The molecule has 1 aliphatic heterocycles. The van der Waals surface area contributed by atoms with Crippen molar-refractivity contribution in [3.63, 3.8) is 0 Å². The van der Waals surface area contributed by atoms with E-state index in [4.69, 9.17) is 9.47 Å². The van der Waals surface area contributed by atoms with Crippen molar-refractivity contribution in [3.05, 3.63) is 34.3 Å². The van der Waals surface area contributed by atoms with Gasteiger partial charge in [-0.3, -0.25) is 4.79 Å². The highest BCUT2D eigenvalue weighted by Gasteiger charge is 2.39. The van der Waals surface area contributed by atoms with Crippen LogP contribution in [0.2, 0.25) is 0 Å². The molecule has 1 aromatic carbocycles. The molecule has 0 radical (unpaired) electrons. The molecule has 0 aromatic heterocycles. The minimum absolute atomic E-state index is 0.145. The van der Waals surface area contributed by atoms with Crippen LogP contribution in [0.5, 0.6) is 0 Å². The number of hydrogen-bond donors (Lipinski definition) is 0. The van der Waals surface area contributed by atoms with Crippen LogP contribution in [-0.4, -0.2) is 31.7 Å². The third kappa shape index (κ3) is 2.99. The highest BCUT2D eigenvalue weighted by molar-refractivity contribution is 9.10. The summed E-state index contributed by atoms with van der Waals surface area (Å²) in [4.78, 5) is 12.4. The zero-order valence-corrected chi connectivity index (χ0v) is 12.0. The zero-order valence-electron chi connectivity index (χ0n) is 10.4. The third-order valence-electron chi connectivity index (χ3n) is 3.45. The van der Waals surface area contributed by atoms with Crippen molar-refractivity contribution in [2.75, 3.05) is 20.3 Å². The van der Waals surface area contributed by atoms with E-state index < -0.39 is 5.60 Å². The summed E-state index contributed by atoms with van der Waals surface area (Å²) in [6.07, 6.45) is 1.71. The van der Waals surface area contributed by atoms with Gasteiger partial charge in [-0.05, 0) is 17.7 Å². The van der Waals surface area contributed by atoms with Crippen molar-refractivity contribution in [1.82, 2.24) is 0 Å². The Morgan fingerprint density at radius 1 is 1.44 bits per heavy atom. The number of rotatable bonds is 4. The average Bonchev–Trinajstić information content (AvgIpc) is 2.39. The fourth-order valence-corrected chi connectivity index (χ4v) is 2.74. The number of halogens is 1. The first kappa shape index (κ1) is 13.7. The zero-order chi connectivity index (χ0) is 13.0. The van der Waals surface area contributed by atoms with E-state index in [2.05, 4.69) is 15.9 Å². The van der Waals surface area contributed by atoms with Gasteiger partial charge in [-0.25, -0.2) is 0 Å². The Morgan fingerprint density at radius 2 is 2.17 bits per heavy atom.